The number of benzene rings is 1. The van der Waals surface area contributed by atoms with Crippen LogP contribution in [0, 0.1) is 6.92 Å². The molecule has 16 heavy (non-hydrogen) atoms. The van der Waals surface area contributed by atoms with Crippen LogP contribution in [-0.4, -0.2) is 17.8 Å². The molecule has 0 bridgehead atoms. The minimum atomic E-state index is 0.244. The normalized spacial score (nSPS) is 12.5. The summed E-state index contributed by atoms with van der Waals surface area (Å²) in [6, 6.07) is 4.29. The van der Waals surface area contributed by atoms with Gasteiger partial charge in [0.2, 0.25) is 0 Å². The van der Waals surface area contributed by atoms with Gasteiger partial charge in [-0.3, -0.25) is 0 Å². The summed E-state index contributed by atoms with van der Waals surface area (Å²) in [5.74, 6) is 0. The van der Waals surface area contributed by atoms with E-state index in [4.69, 9.17) is 10.8 Å². The summed E-state index contributed by atoms with van der Waals surface area (Å²) in [5.41, 5.74) is 8.72. The van der Waals surface area contributed by atoms with Crippen LogP contribution in [0.4, 0.5) is 11.4 Å². The average molecular weight is 287 g/mol. The monoisotopic (exact) mass is 286 g/mol. The van der Waals surface area contributed by atoms with Gasteiger partial charge in [0, 0.05) is 28.5 Å². The fourth-order valence-electron chi connectivity index (χ4n) is 1.54. The van der Waals surface area contributed by atoms with E-state index in [9.17, 15) is 0 Å². The molecule has 0 aliphatic heterocycles. The van der Waals surface area contributed by atoms with Crippen LogP contribution in [0.5, 0.6) is 0 Å². The van der Waals surface area contributed by atoms with E-state index in [1.807, 2.05) is 19.1 Å². The Morgan fingerprint density at radius 1 is 1.50 bits per heavy atom. The molecule has 0 spiro atoms. The fourth-order valence-corrected chi connectivity index (χ4v) is 2.02. The SMILES string of the molecule is Cc1cc(NC(C)CCCO)c(Br)cc1N. The van der Waals surface area contributed by atoms with Gasteiger partial charge in [-0.25, -0.2) is 0 Å². The molecule has 1 atom stereocenters. The molecule has 0 aliphatic rings. The van der Waals surface area contributed by atoms with E-state index in [1.165, 1.54) is 0 Å². The maximum absolute atomic E-state index is 8.76. The summed E-state index contributed by atoms with van der Waals surface area (Å²) >= 11 is 3.49. The molecule has 0 saturated carbocycles. The molecule has 1 aromatic carbocycles. The van der Waals surface area contributed by atoms with Crippen LogP contribution in [-0.2, 0) is 0 Å². The first-order valence-electron chi connectivity index (χ1n) is 5.47. The Hall–Kier alpha value is -0.740. The number of hydrogen-bond acceptors (Lipinski definition) is 3. The summed E-state index contributed by atoms with van der Waals surface area (Å²) in [5, 5.41) is 12.2. The first-order chi connectivity index (χ1) is 7.54. The molecule has 0 saturated heterocycles. The summed E-state index contributed by atoms with van der Waals surface area (Å²) in [6.45, 7) is 4.34. The molecule has 1 aromatic rings. The van der Waals surface area contributed by atoms with E-state index in [1.54, 1.807) is 0 Å². The number of aliphatic hydroxyl groups excluding tert-OH is 1. The summed E-state index contributed by atoms with van der Waals surface area (Å²) in [4.78, 5) is 0. The third-order valence-electron chi connectivity index (χ3n) is 2.55. The molecule has 0 heterocycles. The van der Waals surface area contributed by atoms with Gasteiger partial charge in [-0.05, 0) is 60.3 Å². The van der Waals surface area contributed by atoms with Gasteiger partial charge in [-0.1, -0.05) is 0 Å². The molecule has 1 unspecified atom stereocenters. The number of halogens is 1. The van der Waals surface area contributed by atoms with Gasteiger partial charge in [-0.2, -0.15) is 0 Å². The lowest BCUT2D eigenvalue weighted by molar-refractivity contribution is 0.282. The van der Waals surface area contributed by atoms with E-state index >= 15 is 0 Å². The number of nitrogens with two attached hydrogens (primary N) is 1. The fraction of sp³-hybridized carbons (Fsp3) is 0.500. The lowest BCUT2D eigenvalue weighted by Gasteiger charge is -2.17. The summed E-state index contributed by atoms with van der Waals surface area (Å²) < 4.78 is 0.978. The zero-order valence-electron chi connectivity index (χ0n) is 9.76. The third-order valence-corrected chi connectivity index (χ3v) is 3.21. The number of aliphatic hydroxyl groups is 1. The molecule has 4 heteroatoms. The Bertz CT molecular complexity index is 355. The lowest BCUT2D eigenvalue weighted by Crippen LogP contribution is -2.16. The molecule has 0 aromatic heterocycles. The standard InChI is InChI=1S/C12H19BrN2O/c1-8-6-12(10(13)7-11(8)14)15-9(2)4-3-5-16/h6-7,9,15-16H,3-5,14H2,1-2H3. The second-order valence-corrected chi connectivity index (χ2v) is 4.95. The summed E-state index contributed by atoms with van der Waals surface area (Å²) in [6.07, 6.45) is 1.77. The number of rotatable bonds is 5. The summed E-state index contributed by atoms with van der Waals surface area (Å²) in [7, 11) is 0. The highest BCUT2D eigenvalue weighted by Gasteiger charge is 2.06. The predicted octanol–water partition coefficient (Wildman–Crippen LogP) is 2.91. The quantitative estimate of drug-likeness (QED) is 0.730. The molecule has 3 nitrogen and oxygen atoms in total. The van der Waals surface area contributed by atoms with E-state index in [2.05, 4.69) is 28.2 Å². The highest BCUT2D eigenvalue weighted by Crippen LogP contribution is 2.28. The molecule has 0 fully saturated rings. The Balaban J connectivity index is 2.69. The number of aryl methyl sites for hydroxylation is 1. The topological polar surface area (TPSA) is 58.3 Å². The van der Waals surface area contributed by atoms with Gasteiger partial charge >= 0.3 is 0 Å². The van der Waals surface area contributed by atoms with Crippen molar-refractivity contribution in [1.29, 1.82) is 0 Å². The molecule has 0 aliphatic carbocycles. The number of hydrogen-bond donors (Lipinski definition) is 3. The van der Waals surface area contributed by atoms with Crippen molar-refractivity contribution in [2.45, 2.75) is 32.7 Å². The second kappa shape index (κ2) is 6.11. The van der Waals surface area contributed by atoms with E-state index in [0.717, 1.165) is 34.3 Å². The van der Waals surface area contributed by atoms with Gasteiger partial charge in [0.1, 0.15) is 0 Å². The zero-order chi connectivity index (χ0) is 12.1. The lowest BCUT2D eigenvalue weighted by atomic mass is 10.1. The molecule has 1 rings (SSSR count). The smallest absolute Gasteiger partial charge is 0.0490 e. The van der Waals surface area contributed by atoms with Crippen molar-refractivity contribution in [3.8, 4) is 0 Å². The molecule has 0 radical (unpaired) electrons. The van der Waals surface area contributed by atoms with Crippen LogP contribution in [0.2, 0.25) is 0 Å². The second-order valence-electron chi connectivity index (χ2n) is 4.10. The molecule has 90 valence electrons. The molecular formula is C12H19BrN2O. The van der Waals surface area contributed by atoms with E-state index in [-0.39, 0.29) is 6.61 Å². The first-order valence-corrected chi connectivity index (χ1v) is 6.27. The Labute approximate surface area is 105 Å². The van der Waals surface area contributed by atoms with Gasteiger partial charge in [0.05, 0.1) is 0 Å². The van der Waals surface area contributed by atoms with Gasteiger partial charge in [0.25, 0.3) is 0 Å². The van der Waals surface area contributed by atoms with Crippen LogP contribution in [0.3, 0.4) is 0 Å². The van der Waals surface area contributed by atoms with Crippen LogP contribution >= 0.6 is 15.9 Å². The molecule has 0 amide bonds. The molecular weight excluding hydrogens is 268 g/mol. The third kappa shape index (κ3) is 3.68. The van der Waals surface area contributed by atoms with E-state index in [0.29, 0.717) is 6.04 Å². The largest absolute Gasteiger partial charge is 0.398 e. The van der Waals surface area contributed by atoms with Crippen molar-refractivity contribution >= 4 is 27.3 Å². The maximum atomic E-state index is 8.76. The van der Waals surface area contributed by atoms with Crippen LogP contribution < -0.4 is 11.1 Å². The highest BCUT2D eigenvalue weighted by atomic mass is 79.9. The average Bonchev–Trinajstić information content (AvgIpc) is 2.23. The van der Waals surface area contributed by atoms with Crippen molar-refractivity contribution in [2.24, 2.45) is 0 Å². The predicted molar refractivity (Wildman–Crippen MR) is 72.7 cm³/mol. The maximum Gasteiger partial charge on any atom is 0.0490 e. The van der Waals surface area contributed by atoms with Crippen molar-refractivity contribution in [3.63, 3.8) is 0 Å². The van der Waals surface area contributed by atoms with Crippen LogP contribution in [0.1, 0.15) is 25.3 Å². The van der Waals surface area contributed by atoms with Crippen LogP contribution in [0.15, 0.2) is 16.6 Å². The van der Waals surface area contributed by atoms with Crippen molar-refractivity contribution < 1.29 is 5.11 Å². The van der Waals surface area contributed by atoms with Gasteiger partial charge < -0.3 is 16.2 Å². The first kappa shape index (κ1) is 13.3. The number of nitrogen functional groups attached to an aromatic ring is 1. The number of anilines is 2. The highest BCUT2D eigenvalue weighted by molar-refractivity contribution is 9.10. The van der Waals surface area contributed by atoms with Gasteiger partial charge in [0.15, 0.2) is 0 Å². The van der Waals surface area contributed by atoms with Crippen molar-refractivity contribution in [2.75, 3.05) is 17.7 Å². The van der Waals surface area contributed by atoms with Crippen molar-refractivity contribution in [3.05, 3.63) is 22.2 Å². The minimum Gasteiger partial charge on any atom is -0.398 e. The zero-order valence-corrected chi connectivity index (χ0v) is 11.3. The van der Waals surface area contributed by atoms with Crippen LogP contribution in [0.25, 0.3) is 0 Å². The Morgan fingerprint density at radius 3 is 2.81 bits per heavy atom. The number of nitrogens with one attached hydrogen (secondary N) is 1. The minimum absolute atomic E-state index is 0.244. The van der Waals surface area contributed by atoms with E-state index < -0.39 is 0 Å². The van der Waals surface area contributed by atoms with Crippen molar-refractivity contribution in [1.82, 2.24) is 0 Å². The Morgan fingerprint density at radius 2 is 2.19 bits per heavy atom. The molecule has 4 N–H and O–H groups in total. The Kier molecular flexibility index (Phi) is 5.09. The van der Waals surface area contributed by atoms with Gasteiger partial charge in [-0.15, -0.1) is 0 Å².